The summed E-state index contributed by atoms with van der Waals surface area (Å²) in [6.45, 7) is 4.01. The Morgan fingerprint density at radius 2 is 1.84 bits per heavy atom. The normalized spacial score (nSPS) is 13.7. The smallest absolute Gasteiger partial charge is 0.227 e. The number of nitrogens with zero attached hydrogens (tertiary/aromatic N) is 3. The molecule has 3 aromatic rings. The molecule has 0 spiro atoms. The lowest BCUT2D eigenvalue weighted by Gasteiger charge is -2.10. The van der Waals surface area contributed by atoms with Crippen molar-refractivity contribution in [3.8, 4) is 11.1 Å². The number of anilines is 2. The van der Waals surface area contributed by atoms with Crippen LogP contribution >= 0.6 is 0 Å². The first-order chi connectivity index (χ1) is 12.1. The Balaban J connectivity index is 1.64. The summed E-state index contributed by atoms with van der Waals surface area (Å²) in [6, 6.07) is 10.2. The monoisotopic (exact) mass is 334 g/mol. The van der Waals surface area contributed by atoms with Gasteiger partial charge in [0.1, 0.15) is 0 Å². The van der Waals surface area contributed by atoms with Crippen molar-refractivity contribution in [1.29, 1.82) is 0 Å². The first kappa shape index (κ1) is 15.7. The van der Waals surface area contributed by atoms with Crippen LogP contribution in [0.15, 0.2) is 42.7 Å². The largest absolute Gasteiger partial charge is 0.324 e. The summed E-state index contributed by atoms with van der Waals surface area (Å²) in [4.78, 5) is 12.8. The zero-order valence-electron chi connectivity index (χ0n) is 14.3. The van der Waals surface area contributed by atoms with E-state index in [1.165, 1.54) is 6.20 Å². The summed E-state index contributed by atoms with van der Waals surface area (Å²) in [6.07, 6.45) is 5.13. The quantitative estimate of drug-likeness (QED) is 0.736. The molecule has 0 bridgehead atoms. The van der Waals surface area contributed by atoms with Gasteiger partial charge >= 0.3 is 0 Å². The lowest BCUT2D eigenvalue weighted by molar-refractivity contribution is 0.593. The highest BCUT2D eigenvalue weighted by Crippen LogP contribution is 2.40. The molecule has 0 radical (unpaired) electrons. The molecule has 5 heteroatoms. The van der Waals surface area contributed by atoms with Crippen molar-refractivity contribution in [3.05, 3.63) is 65.5 Å². The van der Waals surface area contributed by atoms with Gasteiger partial charge in [0.15, 0.2) is 5.82 Å². The molecule has 0 unspecified atom stereocenters. The molecule has 4 rings (SSSR count). The Morgan fingerprint density at radius 3 is 2.56 bits per heavy atom. The van der Waals surface area contributed by atoms with E-state index in [4.69, 9.17) is 0 Å². The van der Waals surface area contributed by atoms with Crippen LogP contribution < -0.4 is 5.32 Å². The van der Waals surface area contributed by atoms with Gasteiger partial charge in [-0.1, -0.05) is 12.1 Å². The van der Waals surface area contributed by atoms with Crippen LogP contribution in [0.1, 0.15) is 35.7 Å². The Morgan fingerprint density at radius 1 is 1.00 bits per heavy atom. The number of aromatic nitrogens is 3. The molecule has 0 amide bonds. The zero-order chi connectivity index (χ0) is 17.4. The SMILES string of the molecule is Cc1cc(Nc2ncc(F)c(C3CC3)n2)cc(-c2ccc(C)nc2)c1. The summed E-state index contributed by atoms with van der Waals surface area (Å²) in [5, 5.41) is 3.21. The molecule has 2 heterocycles. The second-order valence-corrected chi connectivity index (χ2v) is 6.60. The van der Waals surface area contributed by atoms with Crippen LogP contribution in [-0.4, -0.2) is 15.0 Å². The molecule has 126 valence electrons. The van der Waals surface area contributed by atoms with Gasteiger partial charge in [0.05, 0.1) is 11.9 Å². The molecule has 1 aliphatic rings. The van der Waals surface area contributed by atoms with E-state index in [2.05, 4.69) is 32.4 Å². The number of halogens is 1. The van der Waals surface area contributed by atoms with Crippen molar-refractivity contribution >= 4 is 11.6 Å². The van der Waals surface area contributed by atoms with Gasteiger partial charge < -0.3 is 5.32 Å². The summed E-state index contributed by atoms with van der Waals surface area (Å²) < 4.78 is 13.8. The fourth-order valence-corrected chi connectivity index (χ4v) is 2.87. The fraction of sp³-hybridized carbons (Fsp3) is 0.250. The predicted molar refractivity (Wildman–Crippen MR) is 96.4 cm³/mol. The van der Waals surface area contributed by atoms with E-state index >= 15 is 0 Å². The number of hydrogen-bond donors (Lipinski definition) is 1. The van der Waals surface area contributed by atoms with Crippen LogP contribution in [0.4, 0.5) is 16.0 Å². The Hall–Kier alpha value is -2.82. The van der Waals surface area contributed by atoms with E-state index in [1.807, 2.05) is 38.2 Å². The lowest BCUT2D eigenvalue weighted by atomic mass is 10.0. The maximum Gasteiger partial charge on any atom is 0.227 e. The molecule has 4 nitrogen and oxygen atoms in total. The third-order valence-electron chi connectivity index (χ3n) is 4.31. The Bertz CT molecular complexity index is 917. The minimum absolute atomic E-state index is 0.246. The van der Waals surface area contributed by atoms with Crippen LogP contribution in [0.3, 0.4) is 0 Å². The summed E-state index contributed by atoms with van der Waals surface area (Å²) >= 11 is 0. The first-order valence-electron chi connectivity index (χ1n) is 8.43. The van der Waals surface area contributed by atoms with Gasteiger partial charge in [0.2, 0.25) is 5.95 Å². The number of benzene rings is 1. The van der Waals surface area contributed by atoms with E-state index in [1.54, 1.807) is 0 Å². The van der Waals surface area contributed by atoms with Crippen LogP contribution in [0.5, 0.6) is 0 Å². The second kappa shape index (κ2) is 6.24. The number of rotatable bonds is 4. The molecule has 0 aliphatic heterocycles. The van der Waals surface area contributed by atoms with Gasteiger partial charge in [-0.25, -0.2) is 14.4 Å². The van der Waals surface area contributed by atoms with Crippen molar-refractivity contribution in [2.75, 3.05) is 5.32 Å². The van der Waals surface area contributed by atoms with Crippen LogP contribution in [0.25, 0.3) is 11.1 Å². The molecular formula is C20H19FN4. The molecule has 2 aromatic heterocycles. The molecule has 1 aromatic carbocycles. The Labute approximate surface area is 146 Å². The maximum atomic E-state index is 13.8. The van der Waals surface area contributed by atoms with Gasteiger partial charge in [-0.3, -0.25) is 4.98 Å². The average molecular weight is 334 g/mol. The highest BCUT2D eigenvalue weighted by Gasteiger charge is 2.28. The molecule has 1 N–H and O–H groups in total. The minimum Gasteiger partial charge on any atom is -0.324 e. The van der Waals surface area contributed by atoms with E-state index in [9.17, 15) is 4.39 Å². The third kappa shape index (κ3) is 3.50. The van der Waals surface area contributed by atoms with Crippen molar-refractivity contribution in [1.82, 2.24) is 15.0 Å². The molecule has 1 aliphatic carbocycles. The van der Waals surface area contributed by atoms with E-state index in [0.717, 1.165) is 40.9 Å². The maximum absolute atomic E-state index is 13.8. The van der Waals surface area contributed by atoms with E-state index in [0.29, 0.717) is 11.6 Å². The van der Waals surface area contributed by atoms with Crippen LogP contribution in [0, 0.1) is 19.7 Å². The average Bonchev–Trinajstić information content (AvgIpc) is 3.42. The van der Waals surface area contributed by atoms with Crippen molar-refractivity contribution < 1.29 is 4.39 Å². The molecule has 0 saturated heterocycles. The highest BCUT2D eigenvalue weighted by molar-refractivity contribution is 5.70. The third-order valence-corrected chi connectivity index (χ3v) is 4.31. The van der Waals surface area contributed by atoms with Gasteiger partial charge in [0, 0.05) is 29.1 Å². The van der Waals surface area contributed by atoms with E-state index < -0.39 is 0 Å². The molecular weight excluding hydrogens is 315 g/mol. The van der Waals surface area contributed by atoms with Gasteiger partial charge in [-0.2, -0.15) is 0 Å². The lowest BCUT2D eigenvalue weighted by Crippen LogP contribution is -2.02. The number of pyridine rings is 1. The Kier molecular flexibility index (Phi) is 3.92. The first-order valence-corrected chi connectivity index (χ1v) is 8.43. The van der Waals surface area contributed by atoms with Crippen LogP contribution in [-0.2, 0) is 0 Å². The molecule has 1 fully saturated rings. The number of aryl methyl sites for hydroxylation is 2. The molecule has 0 atom stereocenters. The molecule has 1 saturated carbocycles. The van der Waals surface area contributed by atoms with Gasteiger partial charge in [0.25, 0.3) is 0 Å². The van der Waals surface area contributed by atoms with Crippen molar-refractivity contribution in [2.24, 2.45) is 0 Å². The summed E-state index contributed by atoms with van der Waals surface area (Å²) in [7, 11) is 0. The number of nitrogens with one attached hydrogen (secondary N) is 1. The highest BCUT2D eigenvalue weighted by atomic mass is 19.1. The van der Waals surface area contributed by atoms with Crippen LogP contribution in [0.2, 0.25) is 0 Å². The summed E-state index contributed by atoms with van der Waals surface area (Å²) in [5.74, 6) is 0.362. The topological polar surface area (TPSA) is 50.7 Å². The molecule has 25 heavy (non-hydrogen) atoms. The number of hydrogen-bond acceptors (Lipinski definition) is 4. The predicted octanol–water partition coefficient (Wildman–Crippen LogP) is 4.92. The minimum atomic E-state index is -0.316. The fourth-order valence-electron chi connectivity index (χ4n) is 2.87. The summed E-state index contributed by atoms with van der Waals surface area (Å²) in [5.41, 5.74) is 5.62. The second-order valence-electron chi connectivity index (χ2n) is 6.60. The van der Waals surface area contributed by atoms with Crippen molar-refractivity contribution in [3.63, 3.8) is 0 Å². The van der Waals surface area contributed by atoms with Gasteiger partial charge in [-0.05, 0) is 56.0 Å². The standard InChI is InChI=1S/C20H19FN4/c1-12-7-16(15-4-3-13(2)22-10-15)9-17(8-12)24-20-23-11-18(21)19(25-20)14-5-6-14/h3-4,7-11,14H,5-6H2,1-2H3,(H,23,24,25). The van der Waals surface area contributed by atoms with Gasteiger partial charge in [-0.15, -0.1) is 0 Å². The zero-order valence-corrected chi connectivity index (χ0v) is 14.3. The van der Waals surface area contributed by atoms with E-state index in [-0.39, 0.29) is 11.7 Å². The van der Waals surface area contributed by atoms with Crippen molar-refractivity contribution in [2.45, 2.75) is 32.6 Å².